The van der Waals surface area contributed by atoms with Gasteiger partial charge in [-0.05, 0) is 49.8 Å². The Balaban J connectivity index is 1.65. The van der Waals surface area contributed by atoms with E-state index >= 15 is 0 Å². The van der Waals surface area contributed by atoms with E-state index in [0.717, 1.165) is 35.5 Å². The molecule has 2 unspecified atom stereocenters. The summed E-state index contributed by atoms with van der Waals surface area (Å²) in [5.74, 6) is 0.932. The molecule has 2 aromatic rings. The maximum atomic E-state index is 12.8. The number of benzene rings is 1. The van der Waals surface area contributed by atoms with Gasteiger partial charge in [-0.2, -0.15) is 0 Å². The van der Waals surface area contributed by atoms with E-state index in [4.69, 9.17) is 0 Å². The van der Waals surface area contributed by atoms with Crippen LogP contribution in [0.2, 0.25) is 0 Å². The Labute approximate surface area is 118 Å². The van der Waals surface area contributed by atoms with Crippen LogP contribution in [0.15, 0.2) is 24.5 Å². The smallest absolute Gasteiger partial charge is 0.254 e. The number of hydrogen-bond donors (Lipinski definition) is 1. The van der Waals surface area contributed by atoms with Crippen LogP contribution in [-0.2, 0) is 0 Å². The zero-order valence-corrected chi connectivity index (χ0v) is 11.5. The van der Waals surface area contributed by atoms with Gasteiger partial charge in [0.15, 0.2) is 0 Å². The predicted octanol–water partition coefficient (Wildman–Crippen LogP) is 2.97. The molecule has 4 heteroatoms. The molecular weight excluding hydrogens is 250 g/mol. The maximum absolute atomic E-state index is 12.8. The third-order valence-electron chi connectivity index (χ3n) is 4.92. The minimum Gasteiger partial charge on any atom is -0.345 e. The second-order valence-electron chi connectivity index (χ2n) is 6.03. The minimum absolute atomic E-state index is 0.193. The van der Waals surface area contributed by atoms with Gasteiger partial charge in [0.2, 0.25) is 0 Å². The first-order valence-corrected chi connectivity index (χ1v) is 7.57. The van der Waals surface area contributed by atoms with Crippen molar-refractivity contribution in [2.75, 3.05) is 6.54 Å². The molecule has 1 aliphatic carbocycles. The highest BCUT2D eigenvalue weighted by atomic mass is 16.2. The molecule has 0 spiro atoms. The van der Waals surface area contributed by atoms with Crippen molar-refractivity contribution in [3.8, 4) is 0 Å². The van der Waals surface area contributed by atoms with Gasteiger partial charge in [-0.15, -0.1) is 0 Å². The van der Waals surface area contributed by atoms with E-state index in [2.05, 4.69) is 14.9 Å². The highest BCUT2D eigenvalue weighted by molar-refractivity contribution is 5.97. The lowest BCUT2D eigenvalue weighted by Gasteiger charge is -2.37. The van der Waals surface area contributed by atoms with Crippen molar-refractivity contribution in [1.29, 1.82) is 0 Å². The van der Waals surface area contributed by atoms with E-state index in [1.165, 1.54) is 25.7 Å². The van der Waals surface area contributed by atoms with Crippen molar-refractivity contribution in [3.63, 3.8) is 0 Å². The molecule has 2 fully saturated rings. The van der Waals surface area contributed by atoms with Crippen LogP contribution in [0.4, 0.5) is 0 Å². The molecular formula is C16H19N3O. The molecule has 1 aromatic heterocycles. The van der Waals surface area contributed by atoms with Crippen LogP contribution >= 0.6 is 0 Å². The molecule has 104 valence electrons. The number of piperidine rings is 1. The summed E-state index contributed by atoms with van der Waals surface area (Å²) in [7, 11) is 0. The van der Waals surface area contributed by atoms with Crippen LogP contribution in [-0.4, -0.2) is 33.4 Å². The molecule has 0 radical (unpaired) electrons. The van der Waals surface area contributed by atoms with Gasteiger partial charge in [0, 0.05) is 18.2 Å². The zero-order valence-electron chi connectivity index (χ0n) is 11.5. The number of fused-ring (bicyclic) bond motifs is 2. The first-order valence-electron chi connectivity index (χ1n) is 7.57. The molecule has 4 rings (SSSR count). The average Bonchev–Trinajstić information content (AvgIpc) is 3.13. The summed E-state index contributed by atoms with van der Waals surface area (Å²) in [6.07, 6.45) is 7.88. The van der Waals surface area contributed by atoms with Gasteiger partial charge in [0.05, 0.1) is 17.4 Å². The first-order chi connectivity index (χ1) is 9.83. The number of aromatic nitrogens is 2. The molecule has 1 amide bonds. The van der Waals surface area contributed by atoms with Gasteiger partial charge in [-0.3, -0.25) is 4.79 Å². The third-order valence-corrected chi connectivity index (χ3v) is 4.92. The van der Waals surface area contributed by atoms with Crippen molar-refractivity contribution in [1.82, 2.24) is 14.9 Å². The standard InChI is InChI=1S/C16H19N3O/c20-16(12-6-7-13-14(9-12)18-10-17-13)19-8-2-4-11-3-1-5-15(11)19/h6-7,9-11,15H,1-5,8H2,(H,17,18). The number of hydrogen-bond acceptors (Lipinski definition) is 2. The topological polar surface area (TPSA) is 49.0 Å². The fraction of sp³-hybridized carbons (Fsp3) is 0.500. The fourth-order valence-electron chi connectivity index (χ4n) is 3.94. The Morgan fingerprint density at radius 2 is 2.15 bits per heavy atom. The third kappa shape index (κ3) is 1.82. The quantitative estimate of drug-likeness (QED) is 0.865. The Hall–Kier alpha value is -1.84. The van der Waals surface area contributed by atoms with Gasteiger partial charge in [-0.1, -0.05) is 6.42 Å². The molecule has 1 N–H and O–H groups in total. The normalized spacial score (nSPS) is 25.9. The number of likely N-dealkylation sites (tertiary alicyclic amines) is 1. The SMILES string of the molecule is O=C(c1ccc2nc[nH]c2c1)N1CCCC2CCCC21. The number of H-pyrrole nitrogens is 1. The summed E-state index contributed by atoms with van der Waals surface area (Å²) in [5, 5.41) is 0. The van der Waals surface area contributed by atoms with Crippen molar-refractivity contribution >= 4 is 16.9 Å². The van der Waals surface area contributed by atoms with E-state index in [1.807, 2.05) is 18.2 Å². The zero-order chi connectivity index (χ0) is 13.5. The van der Waals surface area contributed by atoms with Gasteiger partial charge in [0.1, 0.15) is 0 Å². The van der Waals surface area contributed by atoms with Crippen LogP contribution in [0, 0.1) is 5.92 Å². The second kappa shape index (κ2) is 4.62. The van der Waals surface area contributed by atoms with Crippen LogP contribution in [0.5, 0.6) is 0 Å². The van der Waals surface area contributed by atoms with Crippen LogP contribution in [0.3, 0.4) is 0 Å². The summed E-state index contributed by atoms with van der Waals surface area (Å²) in [5.41, 5.74) is 2.64. The van der Waals surface area contributed by atoms with E-state index in [-0.39, 0.29) is 5.91 Å². The van der Waals surface area contributed by atoms with Gasteiger partial charge in [-0.25, -0.2) is 4.98 Å². The van der Waals surface area contributed by atoms with Crippen LogP contribution in [0.1, 0.15) is 42.5 Å². The second-order valence-corrected chi connectivity index (χ2v) is 6.03. The maximum Gasteiger partial charge on any atom is 0.254 e. The highest BCUT2D eigenvalue weighted by Gasteiger charge is 2.37. The number of amides is 1. The Morgan fingerprint density at radius 3 is 3.10 bits per heavy atom. The Kier molecular flexibility index (Phi) is 2.76. The lowest BCUT2D eigenvalue weighted by molar-refractivity contribution is 0.0548. The van der Waals surface area contributed by atoms with Gasteiger partial charge < -0.3 is 9.88 Å². The molecule has 1 aliphatic heterocycles. The predicted molar refractivity (Wildman–Crippen MR) is 77.5 cm³/mol. The van der Waals surface area contributed by atoms with E-state index in [9.17, 15) is 4.79 Å². The first kappa shape index (κ1) is 11.9. The lowest BCUT2D eigenvalue weighted by Crippen LogP contribution is -2.46. The van der Waals surface area contributed by atoms with E-state index in [0.29, 0.717) is 6.04 Å². The lowest BCUT2D eigenvalue weighted by atomic mass is 9.91. The van der Waals surface area contributed by atoms with E-state index in [1.54, 1.807) is 6.33 Å². The molecule has 1 saturated carbocycles. The monoisotopic (exact) mass is 269 g/mol. The van der Waals surface area contributed by atoms with E-state index < -0.39 is 0 Å². The summed E-state index contributed by atoms with van der Waals surface area (Å²) in [6.45, 7) is 0.918. The summed E-state index contributed by atoms with van der Waals surface area (Å²) in [4.78, 5) is 22.2. The molecule has 2 heterocycles. The number of carbonyl (C=O) groups is 1. The van der Waals surface area contributed by atoms with Crippen molar-refractivity contribution in [2.45, 2.75) is 38.1 Å². The van der Waals surface area contributed by atoms with Crippen molar-refractivity contribution < 1.29 is 4.79 Å². The average molecular weight is 269 g/mol. The van der Waals surface area contributed by atoms with Crippen molar-refractivity contribution in [2.24, 2.45) is 5.92 Å². The van der Waals surface area contributed by atoms with Crippen LogP contribution in [0.25, 0.3) is 11.0 Å². The van der Waals surface area contributed by atoms with Crippen molar-refractivity contribution in [3.05, 3.63) is 30.1 Å². The van der Waals surface area contributed by atoms with Gasteiger partial charge >= 0.3 is 0 Å². The number of nitrogens with zero attached hydrogens (tertiary/aromatic N) is 2. The molecule has 0 bridgehead atoms. The minimum atomic E-state index is 0.193. The Bertz CT molecular complexity index is 648. The number of rotatable bonds is 1. The van der Waals surface area contributed by atoms with Crippen LogP contribution < -0.4 is 0 Å². The summed E-state index contributed by atoms with van der Waals surface area (Å²) < 4.78 is 0. The number of imidazole rings is 1. The molecule has 1 saturated heterocycles. The fourth-order valence-corrected chi connectivity index (χ4v) is 3.94. The van der Waals surface area contributed by atoms with Gasteiger partial charge in [0.25, 0.3) is 5.91 Å². The number of nitrogens with one attached hydrogen (secondary N) is 1. The molecule has 4 nitrogen and oxygen atoms in total. The Morgan fingerprint density at radius 1 is 1.25 bits per heavy atom. The summed E-state index contributed by atoms with van der Waals surface area (Å²) in [6, 6.07) is 6.25. The highest BCUT2D eigenvalue weighted by Crippen LogP contribution is 2.37. The number of aromatic amines is 1. The molecule has 20 heavy (non-hydrogen) atoms. The number of carbonyl (C=O) groups excluding carboxylic acids is 1. The molecule has 1 aromatic carbocycles. The summed E-state index contributed by atoms with van der Waals surface area (Å²) >= 11 is 0. The molecule has 2 aliphatic rings. The largest absolute Gasteiger partial charge is 0.345 e. The molecule has 2 atom stereocenters.